The van der Waals surface area contributed by atoms with Crippen molar-refractivity contribution < 1.29 is 14.4 Å². The Kier molecular flexibility index (Phi) is 2.95. The van der Waals surface area contributed by atoms with Crippen molar-refractivity contribution in [1.82, 2.24) is 0 Å². The maximum atomic E-state index is 12.4. The minimum atomic E-state index is -0.173. The maximum absolute atomic E-state index is 12.4. The van der Waals surface area contributed by atoms with Crippen molar-refractivity contribution in [1.29, 1.82) is 0 Å². The molecule has 2 aromatic rings. The average molecular weight is 282 g/mol. The van der Waals surface area contributed by atoms with E-state index in [-0.39, 0.29) is 17.3 Å². The summed E-state index contributed by atoms with van der Waals surface area (Å²) in [5, 5.41) is 0. The third-order valence-electron chi connectivity index (χ3n) is 3.18. The van der Waals surface area contributed by atoms with Gasteiger partial charge in [-0.3, -0.25) is 14.4 Å². The van der Waals surface area contributed by atoms with Crippen molar-refractivity contribution in [3.63, 3.8) is 0 Å². The molecule has 0 saturated heterocycles. The monoisotopic (exact) mass is 282 g/mol. The molecule has 0 fully saturated rings. The smallest absolute Gasteiger partial charge is 0.195 e. The second-order valence-electron chi connectivity index (χ2n) is 4.52. The summed E-state index contributed by atoms with van der Waals surface area (Å²) in [7, 11) is 0. The van der Waals surface area contributed by atoms with Gasteiger partial charge in [0.2, 0.25) is 0 Å². The highest BCUT2D eigenvalue weighted by Crippen LogP contribution is 2.31. The Morgan fingerprint density at radius 3 is 2.35 bits per heavy atom. The van der Waals surface area contributed by atoms with Crippen LogP contribution in [0.15, 0.2) is 42.5 Å². The first kappa shape index (κ1) is 12.7. The molecule has 1 heterocycles. The lowest BCUT2D eigenvalue weighted by Gasteiger charge is -2.13. The molecule has 0 aliphatic heterocycles. The molecule has 1 aliphatic carbocycles. The third-order valence-corrected chi connectivity index (χ3v) is 4.40. The van der Waals surface area contributed by atoms with Crippen LogP contribution in [0.5, 0.6) is 0 Å². The predicted octanol–water partition coefficient (Wildman–Crippen LogP) is 3.41. The molecule has 3 rings (SSSR count). The molecule has 0 radical (unpaired) electrons. The SMILES string of the molecule is CC(=O)c1ccc(C2=CC(=O)c3ccccc3C2=O)s1. The van der Waals surface area contributed by atoms with Crippen LogP contribution in [0.1, 0.15) is 42.2 Å². The molecule has 1 aromatic carbocycles. The van der Waals surface area contributed by atoms with Crippen molar-refractivity contribution in [3.8, 4) is 0 Å². The fourth-order valence-corrected chi connectivity index (χ4v) is 3.08. The van der Waals surface area contributed by atoms with Crippen molar-refractivity contribution >= 4 is 34.3 Å². The molecule has 0 N–H and O–H groups in total. The molecule has 3 nitrogen and oxygen atoms in total. The van der Waals surface area contributed by atoms with Crippen molar-refractivity contribution in [3.05, 3.63) is 63.4 Å². The topological polar surface area (TPSA) is 51.2 Å². The molecule has 4 heteroatoms. The van der Waals surface area contributed by atoms with Crippen LogP contribution in [0, 0.1) is 0 Å². The summed E-state index contributed by atoms with van der Waals surface area (Å²) in [5.74, 6) is -0.387. The van der Waals surface area contributed by atoms with E-state index in [4.69, 9.17) is 0 Å². The van der Waals surface area contributed by atoms with E-state index in [1.807, 2.05) is 0 Å². The van der Waals surface area contributed by atoms with E-state index < -0.39 is 0 Å². The summed E-state index contributed by atoms with van der Waals surface area (Å²) in [6.07, 6.45) is 1.36. The molecular formula is C16H10O3S. The number of ketones is 3. The van der Waals surface area contributed by atoms with E-state index in [0.717, 1.165) is 0 Å². The van der Waals surface area contributed by atoms with Gasteiger partial charge >= 0.3 is 0 Å². The molecule has 20 heavy (non-hydrogen) atoms. The van der Waals surface area contributed by atoms with Crippen LogP contribution >= 0.6 is 11.3 Å². The number of benzene rings is 1. The fraction of sp³-hybridized carbons (Fsp3) is 0.0625. The van der Waals surface area contributed by atoms with E-state index in [0.29, 0.717) is 26.5 Å². The molecule has 98 valence electrons. The summed E-state index contributed by atoms with van der Waals surface area (Å²) >= 11 is 1.24. The number of carbonyl (C=O) groups is 3. The number of hydrogen-bond acceptors (Lipinski definition) is 4. The van der Waals surface area contributed by atoms with Gasteiger partial charge in [0, 0.05) is 21.6 Å². The van der Waals surface area contributed by atoms with Crippen LogP contribution in [0.3, 0.4) is 0 Å². The Balaban J connectivity index is 2.09. The van der Waals surface area contributed by atoms with Gasteiger partial charge in [0.1, 0.15) is 0 Å². The molecule has 0 unspecified atom stereocenters. The summed E-state index contributed by atoms with van der Waals surface area (Å²) in [5.41, 5.74) is 1.23. The molecule has 0 bridgehead atoms. The number of thiophene rings is 1. The second kappa shape index (κ2) is 4.65. The van der Waals surface area contributed by atoms with Gasteiger partial charge in [-0.15, -0.1) is 11.3 Å². The van der Waals surface area contributed by atoms with Gasteiger partial charge in [0.15, 0.2) is 17.3 Å². The van der Waals surface area contributed by atoms with Crippen LogP contribution < -0.4 is 0 Å². The first-order valence-corrected chi connectivity index (χ1v) is 6.90. The minimum absolute atomic E-state index is 0.0446. The number of carbonyl (C=O) groups excluding carboxylic acids is 3. The maximum Gasteiger partial charge on any atom is 0.195 e. The largest absolute Gasteiger partial charge is 0.294 e. The molecule has 0 amide bonds. The first-order valence-electron chi connectivity index (χ1n) is 6.09. The molecular weight excluding hydrogens is 272 g/mol. The fourth-order valence-electron chi connectivity index (χ4n) is 2.17. The van der Waals surface area contributed by atoms with Gasteiger partial charge in [-0.1, -0.05) is 24.3 Å². The van der Waals surface area contributed by atoms with Gasteiger partial charge in [-0.25, -0.2) is 0 Å². The molecule has 0 atom stereocenters. The van der Waals surface area contributed by atoms with E-state index in [1.54, 1.807) is 36.4 Å². The minimum Gasteiger partial charge on any atom is -0.294 e. The number of fused-ring (bicyclic) bond motifs is 1. The molecule has 0 saturated carbocycles. The predicted molar refractivity (Wildman–Crippen MR) is 77.4 cm³/mol. The lowest BCUT2D eigenvalue weighted by Crippen LogP contribution is -2.15. The van der Waals surface area contributed by atoms with Crippen LogP contribution in [0.25, 0.3) is 5.57 Å². The van der Waals surface area contributed by atoms with E-state index in [1.165, 1.54) is 24.3 Å². The highest BCUT2D eigenvalue weighted by molar-refractivity contribution is 7.15. The zero-order valence-corrected chi connectivity index (χ0v) is 11.5. The van der Waals surface area contributed by atoms with Crippen LogP contribution in [0.4, 0.5) is 0 Å². The average Bonchev–Trinajstić information content (AvgIpc) is 2.93. The Morgan fingerprint density at radius 1 is 1.00 bits per heavy atom. The van der Waals surface area contributed by atoms with Crippen molar-refractivity contribution in [2.75, 3.05) is 0 Å². The zero-order chi connectivity index (χ0) is 14.3. The van der Waals surface area contributed by atoms with Gasteiger partial charge in [0.25, 0.3) is 0 Å². The lowest BCUT2D eigenvalue weighted by molar-refractivity contribution is 0.100. The molecule has 1 aromatic heterocycles. The van der Waals surface area contributed by atoms with Gasteiger partial charge in [0.05, 0.1) is 4.88 Å². The number of rotatable bonds is 2. The van der Waals surface area contributed by atoms with Crippen LogP contribution in [-0.4, -0.2) is 17.3 Å². The van der Waals surface area contributed by atoms with Crippen molar-refractivity contribution in [2.24, 2.45) is 0 Å². The standard InChI is InChI=1S/C16H10O3S/c1-9(17)14-6-7-15(20-14)12-8-13(18)10-4-2-3-5-11(10)16(12)19/h2-8H,1H3. The van der Waals surface area contributed by atoms with Crippen LogP contribution in [-0.2, 0) is 0 Å². The van der Waals surface area contributed by atoms with E-state index in [9.17, 15) is 14.4 Å². The van der Waals surface area contributed by atoms with E-state index >= 15 is 0 Å². The summed E-state index contributed by atoms with van der Waals surface area (Å²) in [6, 6.07) is 10.2. The lowest BCUT2D eigenvalue weighted by atomic mass is 9.89. The summed E-state index contributed by atoms with van der Waals surface area (Å²) in [4.78, 5) is 37.1. The van der Waals surface area contributed by atoms with Crippen molar-refractivity contribution in [2.45, 2.75) is 6.92 Å². The highest BCUT2D eigenvalue weighted by Gasteiger charge is 2.26. The van der Waals surface area contributed by atoms with Gasteiger partial charge in [-0.2, -0.15) is 0 Å². The Morgan fingerprint density at radius 2 is 1.70 bits per heavy atom. The number of hydrogen-bond donors (Lipinski definition) is 0. The molecule has 1 aliphatic rings. The second-order valence-corrected chi connectivity index (χ2v) is 5.60. The number of Topliss-reactive ketones (excluding diaryl/α,β-unsaturated/α-hetero) is 2. The zero-order valence-electron chi connectivity index (χ0n) is 10.7. The normalized spacial score (nSPS) is 13.9. The Hall–Kier alpha value is -2.33. The Labute approximate surface area is 119 Å². The highest BCUT2D eigenvalue weighted by atomic mass is 32.1. The first-order chi connectivity index (χ1) is 9.58. The Bertz CT molecular complexity index is 781. The summed E-state index contributed by atoms with van der Waals surface area (Å²) in [6.45, 7) is 1.48. The van der Waals surface area contributed by atoms with Gasteiger partial charge in [-0.05, 0) is 25.1 Å². The summed E-state index contributed by atoms with van der Waals surface area (Å²) < 4.78 is 0. The van der Waals surface area contributed by atoms with Gasteiger partial charge < -0.3 is 0 Å². The van der Waals surface area contributed by atoms with Crippen LogP contribution in [0.2, 0.25) is 0 Å². The van der Waals surface area contributed by atoms with E-state index in [2.05, 4.69) is 0 Å². The number of allylic oxidation sites excluding steroid dienone is 2. The quantitative estimate of drug-likeness (QED) is 0.793. The third kappa shape index (κ3) is 1.94. The molecule has 0 spiro atoms.